The van der Waals surface area contributed by atoms with Gasteiger partial charge in [0.15, 0.2) is 11.5 Å². The van der Waals surface area contributed by atoms with Crippen molar-refractivity contribution < 1.29 is 9.47 Å². The van der Waals surface area contributed by atoms with Crippen LogP contribution in [-0.4, -0.2) is 37.7 Å². The quantitative estimate of drug-likeness (QED) is 0.929. The molecular weight excluding hydrogens is 276 g/mol. The largest absolute Gasteiger partial charge is 0.490 e. The van der Waals surface area contributed by atoms with E-state index in [1.54, 1.807) is 0 Å². The van der Waals surface area contributed by atoms with Crippen molar-refractivity contribution in [2.45, 2.75) is 38.6 Å². The third-order valence-electron chi connectivity index (χ3n) is 4.81. The lowest BCUT2D eigenvalue weighted by molar-refractivity contribution is 0.136. The average molecular weight is 304 g/mol. The summed E-state index contributed by atoms with van der Waals surface area (Å²) in [4.78, 5) is 2.57. The van der Waals surface area contributed by atoms with E-state index < -0.39 is 0 Å². The Morgan fingerprint density at radius 2 is 2.00 bits per heavy atom. The summed E-state index contributed by atoms with van der Waals surface area (Å²) < 4.78 is 11.7. The van der Waals surface area contributed by atoms with Crippen LogP contribution in [0.3, 0.4) is 0 Å². The van der Waals surface area contributed by atoms with E-state index in [9.17, 15) is 0 Å². The van der Waals surface area contributed by atoms with Crippen LogP contribution >= 0.6 is 0 Å². The van der Waals surface area contributed by atoms with Crippen molar-refractivity contribution in [1.82, 2.24) is 4.90 Å². The average Bonchev–Trinajstić information content (AvgIpc) is 2.80. The van der Waals surface area contributed by atoms with Crippen LogP contribution in [0.4, 0.5) is 0 Å². The molecule has 2 N–H and O–H groups in total. The summed E-state index contributed by atoms with van der Waals surface area (Å²) in [6, 6.07) is 6.09. The normalized spacial score (nSPS) is 25.9. The van der Waals surface area contributed by atoms with Crippen molar-refractivity contribution in [3.63, 3.8) is 0 Å². The van der Waals surface area contributed by atoms with Gasteiger partial charge in [-0.25, -0.2) is 0 Å². The van der Waals surface area contributed by atoms with Crippen LogP contribution in [-0.2, 0) is 0 Å². The molecule has 0 aliphatic carbocycles. The lowest BCUT2D eigenvalue weighted by atomic mass is 9.90. The van der Waals surface area contributed by atoms with Crippen molar-refractivity contribution in [1.29, 1.82) is 0 Å². The molecule has 0 aromatic heterocycles. The molecule has 2 heterocycles. The molecule has 0 saturated carbocycles. The lowest BCUT2D eigenvalue weighted by Crippen LogP contribution is -2.40. The second-order valence-electron chi connectivity index (χ2n) is 6.42. The zero-order chi connectivity index (χ0) is 15.4. The molecule has 1 aromatic carbocycles. The van der Waals surface area contributed by atoms with Gasteiger partial charge in [-0.05, 0) is 38.9 Å². The van der Waals surface area contributed by atoms with Crippen molar-refractivity contribution in [3.8, 4) is 11.5 Å². The number of benzene rings is 1. The van der Waals surface area contributed by atoms with E-state index in [1.807, 2.05) is 19.1 Å². The predicted octanol–water partition coefficient (Wildman–Crippen LogP) is 2.97. The van der Waals surface area contributed by atoms with Crippen LogP contribution in [0.1, 0.15) is 44.2 Å². The molecule has 0 spiro atoms. The molecule has 4 heteroatoms. The molecule has 1 fully saturated rings. The minimum Gasteiger partial charge on any atom is -0.490 e. The second-order valence-corrected chi connectivity index (χ2v) is 6.42. The van der Waals surface area contributed by atoms with Crippen molar-refractivity contribution in [3.05, 3.63) is 23.8 Å². The third kappa shape index (κ3) is 3.39. The van der Waals surface area contributed by atoms with Gasteiger partial charge in [0.2, 0.25) is 0 Å². The Hall–Kier alpha value is -1.26. The Morgan fingerprint density at radius 1 is 1.23 bits per heavy atom. The summed E-state index contributed by atoms with van der Waals surface area (Å²) in [5.41, 5.74) is 7.64. The summed E-state index contributed by atoms with van der Waals surface area (Å²) in [5, 5.41) is 0. The first-order valence-electron chi connectivity index (χ1n) is 8.66. The number of rotatable bonds is 4. The standard InChI is InChI=1S/C18H28N2O2/c1-2-21-16-9-7-8-15-17(19)14(13-22-18(15)16)12-20-10-5-3-4-6-11-20/h7-9,14,17H,2-6,10-13,19H2,1H3. The van der Waals surface area contributed by atoms with E-state index in [2.05, 4.69) is 11.0 Å². The van der Waals surface area contributed by atoms with E-state index in [0.29, 0.717) is 19.1 Å². The maximum atomic E-state index is 6.55. The highest BCUT2D eigenvalue weighted by molar-refractivity contribution is 5.49. The highest BCUT2D eigenvalue weighted by atomic mass is 16.5. The fraction of sp³-hybridized carbons (Fsp3) is 0.667. The van der Waals surface area contributed by atoms with Gasteiger partial charge in [-0.15, -0.1) is 0 Å². The summed E-state index contributed by atoms with van der Waals surface area (Å²) in [5.74, 6) is 2.04. The van der Waals surface area contributed by atoms with Gasteiger partial charge in [0.1, 0.15) is 0 Å². The smallest absolute Gasteiger partial charge is 0.165 e. The fourth-order valence-corrected chi connectivity index (χ4v) is 3.58. The first-order valence-corrected chi connectivity index (χ1v) is 8.66. The van der Waals surface area contributed by atoms with E-state index in [0.717, 1.165) is 23.6 Å². The minimum atomic E-state index is 0.0346. The molecule has 22 heavy (non-hydrogen) atoms. The van der Waals surface area contributed by atoms with Gasteiger partial charge in [-0.3, -0.25) is 0 Å². The molecule has 0 radical (unpaired) electrons. The van der Waals surface area contributed by atoms with E-state index in [-0.39, 0.29) is 6.04 Å². The van der Waals surface area contributed by atoms with Crippen LogP contribution in [0, 0.1) is 5.92 Å². The SMILES string of the molecule is CCOc1cccc2c1OCC(CN1CCCCCC1)C2N. The summed E-state index contributed by atoms with van der Waals surface area (Å²) in [6.45, 7) is 6.77. The Bertz CT molecular complexity index is 484. The first-order chi connectivity index (χ1) is 10.8. The number of hydrogen-bond donors (Lipinski definition) is 1. The van der Waals surface area contributed by atoms with Gasteiger partial charge in [0, 0.05) is 24.1 Å². The number of hydrogen-bond acceptors (Lipinski definition) is 4. The Labute approximate surface area is 133 Å². The number of ether oxygens (including phenoxy) is 2. The van der Waals surface area contributed by atoms with Crippen LogP contribution in [0.25, 0.3) is 0 Å². The van der Waals surface area contributed by atoms with Gasteiger partial charge >= 0.3 is 0 Å². The zero-order valence-corrected chi connectivity index (χ0v) is 13.6. The molecule has 2 unspecified atom stereocenters. The fourth-order valence-electron chi connectivity index (χ4n) is 3.58. The molecule has 3 rings (SSSR count). The molecule has 0 bridgehead atoms. The molecule has 4 nitrogen and oxygen atoms in total. The van der Waals surface area contributed by atoms with Crippen molar-refractivity contribution >= 4 is 0 Å². The molecular formula is C18H28N2O2. The van der Waals surface area contributed by atoms with Gasteiger partial charge in [0.25, 0.3) is 0 Å². The number of nitrogens with two attached hydrogens (primary N) is 1. The topological polar surface area (TPSA) is 47.7 Å². The van der Waals surface area contributed by atoms with Crippen LogP contribution < -0.4 is 15.2 Å². The maximum absolute atomic E-state index is 6.55. The number of likely N-dealkylation sites (tertiary alicyclic amines) is 1. The Morgan fingerprint density at radius 3 is 2.73 bits per heavy atom. The lowest BCUT2D eigenvalue weighted by Gasteiger charge is -2.35. The van der Waals surface area contributed by atoms with Crippen molar-refractivity contribution in [2.75, 3.05) is 32.8 Å². The van der Waals surface area contributed by atoms with E-state index in [1.165, 1.54) is 38.8 Å². The van der Waals surface area contributed by atoms with Crippen LogP contribution in [0.2, 0.25) is 0 Å². The van der Waals surface area contributed by atoms with E-state index >= 15 is 0 Å². The second kappa shape index (κ2) is 7.34. The highest BCUT2D eigenvalue weighted by Gasteiger charge is 2.31. The maximum Gasteiger partial charge on any atom is 0.165 e. The molecule has 122 valence electrons. The predicted molar refractivity (Wildman–Crippen MR) is 88.4 cm³/mol. The van der Waals surface area contributed by atoms with Gasteiger partial charge < -0.3 is 20.1 Å². The minimum absolute atomic E-state index is 0.0346. The molecule has 2 aliphatic rings. The number of para-hydroxylation sites is 1. The molecule has 2 aliphatic heterocycles. The summed E-state index contributed by atoms with van der Waals surface area (Å²) >= 11 is 0. The monoisotopic (exact) mass is 304 g/mol. The number of nitrogens with zero attached hydrogens (tertiary/aromatic N) is 1. The van der Waals surface area contributed by atoms with Crippen molar-refractivity contribution in [2.24, 2.45) is 11.7 Å². The van der Waals surface area contributed by atoms with Crippen LogP contribution in [0.15, 0.2) is 18.2 Å². The number of fused-ring (bicyclic) bond motifs is 1. The molecule has 2 atom stereocenters. The van der Waals surface area contributed by atoms with Gasteiger partial charge in [-0.2, -0.15) is 0 Å². The Kier molecular flexibility index (Phi) is 5.21. The van der Waals surface area contributed by atoms with Crippen LogP contribution in [0.5, 0.6) is 11.5 Å². The third-order valence-corrected chi connectivity index (χ3v) is 4.81. The Balaban J connectivity index is 1.70. The van der Waals surface area contributed by atoms with Gasteiger partial charge in [-0.1, -0.05) is 25.0 Å². The highest BCUT2D eigenvalue weighted by Crippen LogP contribution is 2.40. The molecule has 0 amide bonds. The van der Waals surface area contributed by atoms with E-state index in [4.69, 9.17) is 15.2 Å². The zero-order valence-electron chi connectivity index (χ0n) is 13.6. The molecule has 1 aromatic rings. The molecule has 1 saturated heterocycles. The summed E-state index contributed by atoms with van der Waals surface area (Å²) in [7, 11) is 0. The first kappa shape index (κ1) is 15.6. The van der Waals surface area contributed by atoms with Gasteiger partial charge in [0.05, 0.1) is 13.2 Å². The summed E-state index contributed by atoms with van der Waals surface area (Å²) in [6.07, 6.45) is 5.36.